The summed E-state index contributed by atoms with van der Waals surface area (Å²) in [6.07, 6.45) is 3.22. The molecular formula is C15H25NO3S. The van der Waals surface area contributed by atoms with Gasteiger partial charge in [0.25, 0.3) is 0 Å². The first-order valence-corrected chi connectivity index (χ1v) is 8.10. The molecule has 2 rings (SSSR count). The van der Waals surface area contributed by atoms with Gasteiger partial charge in [-0.3, -0.25) is 0 Å². The summed E-state index contributed by atoms with van der Waals surface area (Å²) in [6.45, 7) is 3.37. The molecule has 1 aliphatic carbocycles. The lowest BCUT2D eigenvalue weighted by Gasteiger charge is -2.17. The van der Waals surface area contributed by atoms with Gasteiger partial charge in [-0.2, -0.15) is 0 Å². The number of rotatable bonds is 11. The summed E-state index contributed by atoms with van der Waals surface area (Å²) >= 11 is 1.68. The molecule has 1 heterocycles. The topological polar surface area (TPSA) is 50.7 Å². The molecule has 0 amide bonds. The molecule has 4 nitrogen and oxygen atoms in total. The van der Waals surface area contributed by atoms with Crippen molar-refractivity contribution in [2.24, 2.45) is 5.41 Å². The van der Waals surface area contributed by atoms with Crippen LogP contribution in [0.2, 0.25) is 0 Å². The summed E-state index contributed by atoms with van der Waals surface area (Å²) in [6, 6.07) is 4.05. The van der Waals surface area contributed by atoms with Crippen molar-refractivity contribution in [3.8, 4) is 0 Å². The van der Waals surface area contributed by atoms with Crippen molar-refractivity contribution in [1.82, 2.24) is 5.32 Å². The largest absolute Gasteiger partial charge is 0.389 e. The maximum Gasteiger partial charge on any atom is 0.0897 e. The van der Waals surface area contributed by atoms with Gasteiger partial charge in [-0.05, 0) is 36.1 Å². The monoisotopic (exact) mass is 299 g/mol. The highest BCUT2D eigenvalue weighted by Crippen LogP contribution is 2.48. The minimum atomic E-state index is -0.437. The summed E-state index contributed by atoms with van der Waals surface area (Å²) < 4.78 is 10.6. The Morgan fingerprint density at radius 3 is 3.00 bits per heavy atom. The summed E-state index contributed by atoms with van der Waals surface area (Å²) in [5, 5.41) is 15.3. The predicted octanol–water partition coefficient (Wildman–Crippen LogP) is 2.03. The standard InChI is InChI=1S/C15H25NO3S/c1-18-7-6-15(4-5-15)12-16-9-13(17)10-19-11-14-3-2-8-20-14/h2-3,8,13,16-17H,4-7,9-12H2,1H3. The second-order valence-electron chi connectivity index (χ2n) is 5.62. The van der Waals surface area contributed by atoms with Crippen molar-refractivity contribution < 1.29 is 14.6 Å². The number of aliphatic hydroxyl groups excluding tert-OH is 1. The van der Waals surface area contributed by atoms with E-state index in [0.717, 1.165) is 19.6 Å². The van der Waals surface area contributed by atoms with Gasteiger partial charge in [0.05, 0.1) is 19.3 Å². The van der Waals surface area contributed by atoms with Crippen LogP contribution in [0, 0.1) is 5.41 Å². The third-order valence-corrected chi connectivity index (χ3v) is 4.66. The van der Waals surface area contributed by atoms with Crippen molar-refractivity contribution >= 4 is 11.3 Å². The van der Waals surface area contributed by atoms with E-state index in [1.54, 1.807) is 18.4 Å². The third kappa shape index (κ3) is 5.50. The molecule has 1 fully saturated rings. The second-order valence-corrected chi connectivity index (χ2v) is 6.65. The fourth-order valence-corrected chi connectivity index (χ4v) is 2.90. The van der Waals surface area contributed by atoms with Crippen molar-refractivity contribution in [2.75, 3.05) is 33.4 Å². The van der Waals surface area contributed by atoms with E-state index in [0.29, 0.717) is 25.2 Å². The molecule has 1 atom stereocenters. The van der Waals surface area contributed by atoms with Crippen LogP contribution >= 0.6 is 11.3 Å². The molecule has 0 aliphatic heterocycles. The molecule has 1 aromatic heterocycles. The molecule has 114 valence electrons. The van der Waals surface area contributed by atoms with Gasteiger partial charge < -0.3 is 19.9 Å². The lowest BCUT2D eigenvalue weighted by Crippen LogP contribution is -2.34. The predicted molar refractivity (Wildman–Crippen MR) is 81.0 cm³/mol. The van der Waals surface area contributed by atoms with E-state index < -0.39 is 6.10 Å². The quantitative estimate of drug-likeness (QED) is 0.656. The Hall–Kier alpha value is -0.460. The summed E-state index contributed by atoms with van der Waals surface area (Å²) in [7, 11) is 1.75. The fourth-order valence-electron chi connectivity index (χ4n) is 2.26. The van der Waals surface area contributed by atoms with Crippen molar-refractivity contribution in [3.05, 3.63) is 22.4 Å². The molecule has 0 radical (unpaired) electrons. The van der Waals surface area contributed by atoms with Gasteiger partial charge in [-0.25, -0.2) is 0 Å². The molecular weight excluding hydrogens is 274 g/mol. The minimum absolute atomic E-state index is 0.385. The first kappa shape index (κ1) is 15.9. The van der Waals surface area contributed by atoms with Gasteiger partial charge >= 0.3 is 0 Å². The Kier molecular flexibility index (Phi) is 6.45. The van der Waals surface area contributed by atoms with Crippen LogP contribution in [0.5, 0.6) is 0 Å². The van der Waals surface area contributed by atoms with Gasteiger partial charge in [-0.1, -0.05) is 6.07 Å². The van der Waals surface area contributed by atoms with Gasteiger partial charge in [0.2, 0.25) is 0 Å². The fraction of sp³-hybridized carbons (Fsp3) is 0.733. The lowest BCUT2D eigenvalue weighted by atomic mass is 10.0. The van der Waals surface area contributed by atoms with Crippen molar-refractivity contribution in [3.63, 3.8) is 0 Å². The normalized spacial score (nSPS) is 18.1. The zero-order valence-corrected chi connectivity index (χ0v) is 13.0. The molecule has 0 saturated heterocycles. The molecule has 1 saturated carbocycles. The van der Waals surface area contributed by atoms with E-state index in [-0.39, 0.29) is 0 Å². The highest BCUT2D eigenvalue weighted by Gasteiger charge is 2.41. The number of thiophene rings is 1. The van der Waals surface area contributed by atoms with Crippen LogP contribution in [0.1, 0.15) is 24.1 Å². The van der Waals surface area contributed by atoms with E-state index >= 15 is 0 Å². The SMILES string of the molecule is COCCC1(CNCC(O)COCc2cccs2)CC1. The van der Waals surface area contributed by atoms with Crippen LogP contribution < -0.4 is 5.32 Å². The first-order chi connectivity index (χ1) is 9.74. The number of nitrogens with one attached hydrogen (secondary N) is 1. The number of hydrogen-bond acceptors (Lipinski definition) is 5. The Balaban J connectivity index is 1.51. The average molecular weight is 299 g/mol. The Labute approximate surface area is 125 Å². The van der Waals surface area contributed by atoms with E-state index in [1.165, 1.54) is 17.7 Å². The molecule has 20 heavy (non-hydrogen) atoms. The van der Waals surface area contributed by atoms with Crippen LogP contribution in [-0.4, -0.2) is 44.6 Å². The van der Waals surface area contributed by atoms with E-state index in [9.17, 15) is 5.11 Å². The molecule has 0 aromatic carbocycles. The summed E-state index contributed by atoms with van der Waals surface area (Å²) in [5.41, 5.74) is 0.424. The average Bonchev–Trinajstić information content (AvgIpc) is 3.01. The maximum atomic E-state index is 9.86. The number of hydrogen-bond donors (Lipinski definition) is 2. The number of aliphatic hydroxyl groups is 1. The first-order valence-electron chi connectivity index (χ1n) is 7.22. The molecule has 5 heteroatoms. The maximum absolute atomic E-state index is 9.86. The van der Waals surface area contributed by atoms with Gasteiger partial charge in [0, 0.05) is 31.7 Å². The van der Waals surface area contributed by atoms with Crippen molar-refractivity contribution in [1.29, 1.82) is 0 Å². The second kappa shape index (κ2) is 8.10. The van der Waals surface area contributed by atoms with Crippen LogP contribution in [0.25, 0.3) is 0 Å². The van der Waals surface area contributed by atoms with Crippen LogP contribution in [-0.2, 0) is 16.1 Å². The molecule has 2 N–H and O–H groups in total. The highest BCUT2D eigenvalue weighted by atomic mass is 32.1. The lowest BCUT2D eigenvalue weighted by molar-refractivity contribution is 0.0291. The molecule has 0 bridgehead atoms. The smallest absolute Gasteiger partial charge is 0.0897 e. The Morgan fingerprint density at radius 2 is 2.35 bits per heavy atom. The molecule has 0 spiro atoms. The van der Waals surface area contributed by atoms with Gasteiger partial charge in [0.15, 0.2) is 0 Å². The van der Waals surface area contributed by atoms with E-state index in [2.05, 4.69) is 5.32 Å². The van der Waals surface area contributed by atoms with Crippen molar-refractivity contribution in [2.45, 2.75) is 32.0 Å². The van der Waals surface area contributed by atoms with Crippen LogP contribution in [0.3, 0.4) is 0 Å². The van der Waals surface area contributed by atoms with E-state index in [4.69, 9.17) is 9.47 Å². The molecule has 1 aliphatic rings. The third-order valence-electron chi connectivity index (χ3n) is 3.81. The minimum Gasteiger partial charge on any atom is -0.389 e. The number of methoxy groups -OCH3 is 1. The van der Waals surface area contributed by atoms with E-state index in [1.807, 2.05) is 17.5 Å². The Morgan fingerprint density at radius 1 is 1.50 bits per heavy atom. The summed E-state index contributed by atoms with van der Waals surface area (Å²) in [4.78, 5) is 1.20. The van der Waals surface area contributed by atoms with Crippen LogP contribution in [0.15, 0.2) is 17.5 Å². The zero-order chi connectivity index (χ0) is 14.3. The number of ether oxygens (including phenoxy) is 2. The van der Waals surface area contributed by atoms with Crippen LogP contribution in [0.4, 0.5) is 0 Å². The summed E-state index contributed by atoms with van der Waals surface area (Å²) in [5.74, 6) is 0. The zero-order valence-electron chi connectivity index (χ0n) is 12.1. The van der Waals surface area contributed by atoms with Gasteiger partial charge in [0.1, 0.15) is 0 Å². The molecule has 1 unspecified atom stereocenters. The highest BCUT2D eigenvalue weighted by molar-refractivity contribution is 7.09. The van der Waals surface area contributed by atoms with Gasteiger partial charge in [-0.15, -0.1) is 11.3 Å². The Bertz CT molecular complexity index is 365. The molecule has 1 aromatic rings.